The molecule has 0 aromatic heterocycles. The van der Waals surface area contributed by atoms with Crippen LogP contribution in [0.3, 0.4) is 0 Å². The highest BCUT2D eigenvalue weighted by Crippen LogP contribution is 2.72. The Kier molecular flexibility index (Phi) is 8.53. The van der Waals surface area contributed by atoms with Crippen LogP contribution in [0, 0.1) is 11.8 Å². The topological polar surface area (TPSA) is 96.4 Å². The minimum atomic E-state index is -0.924. The number of benzene rings is 2. The first-order valence-corrected chi connectivity index (χ1v) is 15.1. The number of amides is 2. The molecule has 2 unspecified atom stereocenters. The molecule has 2 aromatic rings. The number of rotatable bonds is 12. The third-order valence-corrected chi connectivity index (χ3v) is 10.9. The van der Waals surface area contributed by atoms with Gasteiger partial charge in [-0.25, -0.2) is 0 Å². The summed E-state index contributed by atoms with van der Waals surface area (Å²) in [5.41, 5.74) is 1.36. The minimum Gasteiger partial charge on any atom is -0.497 e. The molecule has 9 heteroatoms. The number of hydrogen-bond acceptors (Lipinski definition) is 7. The maximum Gasteiger partial charge on any atom is 0.311 e. The largest absolute Gasteiger partial charge is 0.497 e. The number of esters is 1. The first-order valence-electron chi connectivity index (χ1n) is 14.3. The van der Waals surface area contributed by atoms with Crippen molar-refractivity contribution in [3.8, 4) is 5.75 Å². The van der Waals surface area contributed by atoms with E-state index in [0.717, 1.165) is 5.56 Å². The Bertz CT molecular complexity index is 1350. The number of fused-ring (bicyclic) bond motifs is 1. The highest BCUT2D eigenvalue weighted by atomic mass is 32.2. The number of ether oxygens (including phenoxy) is 2. The van der Waals surface area contributed by atoms with Crippen LogP contribution >= 0.6 is 11.8 Å². The third-order valence-electron chi connectivity index (χ3n) is 8.92. The number of carbonyl (C=O) groups is 3. The van der Waals surface area contributed by atoms with Crippen LogP contribution in [0.1, 0.15) is 37.8 Å². The fraction of sp³-hybridized carbons (Fsp3) is 0.424. The van der Waals surface area contributed by atoms with E-state index in [1.165, 1.54) is 0 Å². The number of nitrogens with zero attached hydrogens (tertiary/aromatic N) is 2. The molecular formula is C33H38N2O6S. The monoisotopic (exact) mass is 590 g/mol. The summed E-state index contributed by atoms with van der Waals surface area (Å²) in [7, 11) is 1.58. The van der Waals surface area contributed by atoms with Gasteiger partial charge in [-0.2, -0.15) is 0 Å². The number of anilines is 1. The number of hydrogen-bond donors (Lipinski definition) is 1. The van der Waals surface area contributed by atoms with Gasteiger partial charge in [-0.3, -0.25) is 14.4 Å². The molecule has 2 bridgehead atoms. The Labute approximate surface area is 251 Å². The van der Waals surface area contributed by atoms with Gasteiger partial charge in [0.1, 0.15) is 11.8 Å². The molecule has 42 heavy (non-hydrogen) atoms. The molecule has 0 aliphatic carbocycles. The molecule has 8 nitrogen and oxygen atoms in total. The lowest BCUT2D eigenvalue weighted by Gasteiger charge is -2.39. The summed E-state index contributed by atoms with van der Waals surface area (Å²) in [6.45, 7) is 9.62. The van der Waals surface area contributed by atoms with Crippen LogP contribution in [0.5, 0.6) is 5.75 Å². The predicted octanol–water partition coefficient (Wildman–Crippen LogP) is 4.55. The van der Waals surface area contributed by atoms with Gasteiger partial charge < -0.3 is 24.4 Å². The van der Waals surface area contributed by atoms with Gasteiger partial charge in [-0.05, 0) is 56.0 Å². The first-order chi connectivity index (χ1) is 20.3. The van der Waals surface area contributed by atoms with Crippen molar-refractivity contribution in [1.82, 2.24) is 4.90 Å². The summed E-state index contributed by atoms with van der Waals surface area (Å²) in [6.07, 6.45) is 5.10. The average molecular weight is 591 g/mol. The molecule has 3 saturated heterocycles. The normalized spacial score (nSPS) is 28.2. The lowest BCUT2D eigenvalue weighted by molar-refractivity contribution is -0.156. The zero-order chi connectivity index (χ0) is 30.1. The number of aliphatic hydroxyl groups excluding tert-OH is 1. The summed E-state index contributed by atoms with van der Waals surface area (Å²) in [6, 6.07) is 14.7. The molecule has 3 fully saturated rings. The van der Waals surface area contributed by atoms with Gasteiger partial charge in [0.2, 0.25) is 5.91 Å². The lowest BCUT2D eigenvalue weighted by atomic mass is 9.66. The summed E-state index contributed by atoms with van der Waals surface area (Å²) in [5.74, 6) is -1.81. The van der Waals surface area contributed by atoms with Gasteiger partial charge in [-0.15, -0.1) is 24.9 Å². The van der Waals surface area contributed by atoms with Crippen LogP contribution < -0.4 is 9.64 Å². The Hall–Kier alpha value is -3.56. The molecule has 1 N–H and O–H groups in total. The van der Waals surface area contributed by atoms with Crippen molar-refractivity contribution in [2.45, 2.75) is 47.8 Å². The molecule has 0 radical (unpaired) electrons. The standard InChI is InChI=1S/C33H38N2O6S/c1-5-7-20-41-31(39)27-26-29(37)35(25(21-36)22-11-9-8-10-12-22)28(33(26)18-17-32(27,3)42-33)30(38)34(19-6-2)23-13-15-24(40-4)16-14-23/h5-6,8-16,25-28,36H,1-2,7,17-21H2,3-4H3/t25-,26+,27-,28?,32+,33?/m1/s1. The van der Waals surface area contributed by atoms with Crippen LogP contribution in [0.2, 0.25) is 0 Å². The van der Waals surface area contributed by atoms with Crippen LogP contribution in [-0.4, -0.2) is 70.2 Å². The highest BCUT2D eigenvalue weighted by Gasteiger charge is 2.78. The number of aliphatic hydroxyl groups is 1. The van der Waals surface area contributed by atoms with Crippen molar-refractivity contribution in [3.05, 3.63) is 85.5 Å². The smallest absolute Gasteiger partial charge is 0.311 e. The second kappa shape index (κ2) is 12.0. The Balaban J connectivity index is 1.63. The summed E-state index contributed by atoms with van der Waals surface area (Å²) >= 11 is 1.57. The molecule has 2 aromatic carbocycles. The van der Waals surface area contributed by atoms with E-state index in [0.29, 0.717) is 30.7 Å². The average Bonchev–Trinajstić information content (AvgIpc) is 3.57. The molecule has 0 saturated carbocycles. The predicted molar refractivity (Wildman–Crippen MR) is 163 cm³/mol. The minimum absolute atomic E-state index is 0.188. The Morgan fingerprint density at radius 1 is 1.14 bits per heavy atom. The van der Waals surface area contributed by atoms with E-state index >= 15 is 0 Å². The summed E-state index contributed by atoms with van der Waals surface area (Å²) in [4.78, 5) is 46.2. The van der Waals surface area contributed by atoms with E-state index in [9.17, 15) is 19.5 Å². The molecule has 3 aliphatic heterocycles. The van der Waals surface area contributed by atoms with E-state index < -0.39 is 39.4 Å². The van der Waals surface area contributed by atoms with Crippen LogP contribution in [0.15, 0.2) is 79.9 Å². The highest BCUT2D eigenvalue weighted by molar-refractivity contribution is 8.02. The first kappa shape index (κ1) is 29.9. The Morgan fingerprint density at radius 3 is 2.48 bits per heavy atom. The van der Waals surface area contributed by atoms with Gasteiger partial charge >= 0.3 is 5.97 Å². The molecule has 3 aliphatic rings. The van der Waals surface area contributed by atoms with Crippen LogP contribution in [0.4, 0.5) is 5.69 Å². The number of likely N-dealkylation sites (tertiary alicyclic amines) is 1. The van der Waals surface area contributed by atoms with E-state index in [4.69, 9.17) is 9.47 Å². The lowest BCUT2D eigenvalue weighted by Crippen LogP contribution is -2.56. The third kappa shape index (κ3) is 4.82. The van der Waals surface area contributed by atoms with Gasteiger partial charge in [0.15, 0.2) is 0 Å². The zero-order valence-corrected chi connectivity index (χ0v) is 24.9. The molecule has 3 heterocycles. The van der Waals surface area contributed by atoms with E-state index in [-0.39, 0.29) is 31.6 Å². The molecule has 222 valence electrons. The van der Waals surface area contributed by atoms with Crippen molar-refractivity contribution in [1.29, 1.82) is 0 Å². The molecule has 5 rings (SSSR count). The number of methoxy groups -OCH3 is 1. The second-order valence-corrected chi connectivity index (χ2v) is 13.2. The maximum absolute atomic E-state index is 14.8. The van der Waals surface area contributed by atoms with Gasteiger partial charge in [0.25, 0.3) is 5.91 Å². The quantitative estimate of drug-likeness (QED) is 0.220. The molecule has 6 atom stereocenters. The van der Waals surface area contributed by atoms with Crippen molar-refractivity contribution in [3.63, 3.8) is 0 Å². The van der Waals surface area contributed by atoms with Crippen molar-refractivity contribution in [2.24, 2.45) is 11.8 Å². The number of thioether (sulfide) groups is 1. The van der Waals surface area contributed by atoms with E-state index in [2.05, 4.69) is 13.2 Å². The van der Waals surface area contributed by atoms with Crippen molar-refractivity contribution < 1.29 is 29.0 Å². The SMILES string of the molecule is C=CCCOC(=O)[C@H]1[C@H]2C(=O)N([C@H](CO)c3ccccc3)C(C(=O)N(CC=C)c3ccc(OC)cc3)C23CC[C@]1(C)S3. The fourth-order valence-electron chi connectivity index (χ4n) is 7.06. The molecular weight excluding hydrogens is 552 g/mol. The van der Waals surface area contributed by atoms with Crippen molar-refractivity contribution >= 4 is 35.2 Å². The summed E-state index contributed by atoms with van der Waals surface area (Å²) < 4.78 is 9.55. The Morgan fingerprint density at radius 2 is 1.86 bits per heavy atom. The van der Waals surface area contributed by atoms with Gasteiger partial charge in [0, 0.05) is 17.0 Å². The summed E-state index contributed by atoms with van der Waals surface area (Å²) in [5, 5.41) is 10.7. The van der Waals surface area contributed by atoms with E-state index in [1.807, 2.05) is 37.3 Å². The molecule has 2 amide bonds. The molecule has 1 spiro atoms. The maximum atomic E-state index is 14.8. The van der Waals surface area contributed by atoms with Gasteiger partial charge in [0.05, 0.1) is 42.9 Å². The van der Waals surface area contributed by atoms with Crippen LogP contribution in [0.25, 0.3) is 0 Å². The van der Waals surface area contributed by atoms with Gasteiger partial charge in [-0.1, -0.05) is 42.5 Å². The van der Waals surface area contributed by atoms with E-state index in [1.54, 1.807) is 65.1 Å². The van der Waals surface area contributed by atoms with Crippen molar-refractivity contribution in [2.75, 3.05) is 31.8 Å². The number of carbonyl (C=O) groups excluding carboxylic acids is 3. The van der Waals surface area contributed by atoms with Crippen LogP contribution in [-0.2, 0) is 19.1 Å². The zero-order valence-electron chi connectivity index (χ0n) is 24.1. The fourth-order valence-corrected chi connectivity index (χ4v) is 9.39. The second-order valence-electron chi connectivity index (χ2n) is 11.3.